The SMILES string of the molecule is CCC(C)Oc1cc(C(C)C)ccc1F. The first kappa shape index (κ1) is 12.0. The van der Waals surface area contributed by atoms with E-state index in [9.17, 15) is 4.39 Å². The van der Waals surface area contributed by atoms with Crippen molar-refractivity contribution in [3.63, 3.8) is 0 Å². The van der Waals surface area contributed by atoms with Gasteiger partial charge in [-0.2, -0.15) is 0 Å². The van der Waals surface area contributed by atoms with Crippen molar-refractivity contribution in [3.8, 4) is 5.75 Å². The standard InChI is InChI=1S/C13H19FO/c1-5-10(4)15-13-8-11(9(2)3)6-7-12(13)14/h6-10H,5H2,1-4H3. The minimum Gasteiger partial charge on any atom is -0.488 e. The lowest BCUT2D eigenvalue weighted by molar-refractivity contribution is 0.207. The maximum Gasteiger partial charge on any atom is 0.165 e. The van der Waals surface area contributed by atoms with Gasteiger partial charge in [-0.25, -0.2) is 4.39 Å². The third kappa shape index (κ3) is 3.22. The van der Waals surface area contributed by atoms with Gasteiger partial charge in [0.2, 0.25) is 0 Å². The second-order valence-electron chi connectivity index (χ2n) is 4.18. The van der Waals surface area contributed by atoms with Crippen molar-refractivity contribution in [2.75, 3.05) is 0 Å². The molecule has 0 aliphatic heterocycles. The maximum absolute atomic E-state index is 13.4. The van der Waals surface area contributed by atoms with Crippen LogP contribution in [0, 0.1) is 5.82 Å². The first-order valence-electron chi connectivity index (χ1n) is 5.50. The topological polar surface area (TPSA) is 9.23 Å². The highest BCUT2D eigenvalue weighted by Gasteiger charge is 2.09. The van der Waals surface area contributed by atoms with Gasteiger partial charge in [0.25, 0.3) is 0 Å². The van der Waals surface area contributed by atoms with Gasteiger partial charge in [-0.1, -0.05) is 26.8 Å². The van der Waals surface area contributed by atoms with E-state index >= 15 is 0 Å². The summed E-state index contributed by atoms with van der Waals surface area (Å²) in [5.41, 5.74) is 1.11. The number of ether oxygens (including phenoxy) is 1. The average Bonchev–Trinajstić information content (AvgIpc) is 2.20. The first-order valence-corrected chi connectivity index (χ1v) is 5.50. The van der Waals surface area contributed by atoms with E-state index in [0.717, 1.165) is 12.0 Å². The van der Waals surface area contributed by atoms with Crippen molar-refractivity contribution in [1.29, 1.82) is 0 Å². The van der Waals surface area contributed by atoms with Gasteiger partial charge in [-0.3, -0.25) is 0 Å². The van der Waals surface area contributed by atoms with E-state index < -0.39 is 0 Å². The van der Waals surface area contributed by atoms with E-state index in [1.165, 1.54) is 6.07 Å². The molecule has 0 fully saturated rings. The molecule has 0 bridgehead atoms. The molecule has 1 aromatic rings. The summed E-state index contributed by atoms with van der Waals surface area (Å²) in [6, 6.07) is 5.09. The molecular weight excluding hydrogens is 191 g/mol. The Labute approximate surface area is 91.3 Å². The molecule has 0 aliphatic rings. The predicted octanol–water partition coefficient (Wildman–Crippen LogP) is 4.13. The smallest absolute Gasteiger partial charge is 0.165 e. The fourth-order valence-electron chi connectivity index (χ4n) is 1.27. The van der Waals surface area contributed by atoms with E-state index in [-0.39, 0.29) is 11.9 Å². The molecule has 84 valence electrons. The van der Waals surface area contributed by atoms with Gasteiger partial charge in [0.05, 0.1) is 6.10 Å². The molecule has 0 amide bonds. The second kappa shape index (κ2) is 5.15. The average molecular weight is 210 g/mol. The molecule has 0 aliphatic carbocycles. The van der Waals surface area contributed by atoms with Crippen LogP contribution in [-0.4, -0.2) is 6.10 Å². The largest absolute Gasteiger partial charge is 0.488 e. The third-order valence-corrected chi connectivity index (χ3v) is 2.52. The Morgan fingerprint density at radius 1 is 1.27 bits per heavy atom. The summed E-state index contributed by atoms with van der Waals surface area (Å²) in [6.07, 6.45) is 0.938. The Hall–Kier alpha value is -1.05. The van der Waals surface area contributed by atoms with E-state index in [0.29, 0.717) is 11.7 Å². The molecule has 2 heteroatoms. The summed E-state index contributed by atoms with van der Waals surface area (Å²) in [6.45, 7) is 8.14. The highest BCUT2D eigenvalue weighted by Crippen LogP contribution is 2.24. The van der Waals surface area contributed by atoms with Crippen LogP contribution in [0.1, 0.15) is 45.6 Å². The summed E-state index contributed by atoms with van der Waals surface area (Å²) in [5.74, 6) is 0.486. The maximum atomic E-state index is 13.4. The van der Waals surface area contributed by atoms with E-state index in [1.807, 2.05) is 19.9 Å². The quantitative estimate of drug-likeness (QED) is 0.726. The van der Waals surface area contributed by atoms with Crippen molar-refractivity contribution in [1.82, 2.24) is 0 Å². The van der Waals surface area contributed by atoms with Gasteiger partial charge >= 0.3 is 0 Å². The third-order valence-electron chi connectivity index (χ3n) is 2.52. The van der Waals surface area contributed by atoms with Crippen molar-refractivity contribution in [3.05, 3.63) is 29.6 Å². The van der Waals surface area contributed by atoms with Crippen LogP contribution in [-0.2, 0) is 0 Å². The molecular formula is C13H19FO. The first-order chi connectivity index (χ1) is 7.04. The molecule has 0 radical (unpaired) electrons. The molecule has 0 heterocycles. The van der Waals surface area contributed by atoms with Crippen molar-refractivity contribution < 1.29 is 9.13 Å². The second-order valence-corrected chi connectivity index (χ2v) is 4.18. The Morgan fingerprint density at radius 3 is 2.47 bits per heavy atom. The molecule has 1 nitrogen and oxygen atoms in total. The lowest BCUT2D eigenvalue weighted by Gasteiger charge is -2.15. The van der Waals surface area contributed by atoms with Crippen molar-refractivity contribution in [2.24, 2.45) is 0 Å². The van der Waals surface area contributed by atoms with Crippen LogP contribution in [0.2, 0.25) is 0 Å². The number of rotatable bonds is 4. The van der Waals surface area contributed by atoms with Gasteiger partial charge in [-0.05, 0) is 37.0 Å². The summed E-state index contributed by atoms with van der Waals surface area (Å²) in [4.78, 5) is 0. The fourth-order valence-corrected chi connectivity index (χ4v) is 1.27. The minimum absolute atomic E-state index is 0.0573. The lowest BCUT2D eigenvalue weighted by atomic mass is 10.0. The molecule has 0 N–H and O–H groups in total. The van der Waals surface area contributed by atoms with Gasteiger partial charge in [0.1, 0.15) is 0 Å². The monoisotopic (exact) mass is 210 g/mol. The van der Waals surface area contributed by atoms with E-state index in [4.69, 9.17) is 4.74 Å². The molecule has 15 heavy (non-hydrogen) atoms. The number of benzene rings is 1. The van der Waals surface area contributed by atoms with Gasteiger partial charge in [-0.15, -0.1) is 0 Å². The van der Waals surface area contributed by atoms with E-state index in [1.54, 1.807) is 6.07 Å². The van der Waals surface area contributed by atoms with Gasteiger partial charge < -0.3 is 4.74 Å². The van der Waals surface area contributed by atoms with Crippen LogP contribution in [0.4, 0.5) is 4.39 Å². The van der Waals surface area contributed by atoms with Crippen molar-refractivity contribution >= 4 is 0 Å². The zero-order chi connectivity index (χ0) is 11.4. The fraction of sp³-hybridized carbons (Fsp3) is 0.538. The predicted molar refractivity (Wildman–Crippen MR) is 60.9 cm³/mol. The van der Waals surface area contributed by atoms with Crippen LogP contribution < -0.4 is 4.74 Å². The molecule has 0 saturated carbocycles. The van der Waals surface area contributed by atoms with Gasteiger partial charge in [0.15, 0.2) is 11.6 Å². The Bertz CT molecular complexity index is 320. The Morgan fingerprint density at radius 2 is 1.93 bits per heavy atom. The van der Waals surface area contributed by atoms with Crippen LogP contribution in [0.25, 0.3) is 0 Å². The van der Waals surface area contributed by atoms with Crippen LogP contribution in [0.15, 0.2) is 18.2 Å². The Kier molecular flexibility index (Phi) is 4.13. The summed E-state index contributed by atoms with van der Waals surface area (Å²) < 4.78 is 18.9. The number of hydrogen-bond acceptors (Lipinski definition) is 1. The number of halogens is 1. The normalized spacial score (nSPS) is 12.9. The molecule has 1 rings (SSSR count). The minimum atomic E-state index is -0.278. The lowest BCUT2D eigenvalue weighted by Crippen LogP contribution is -2.11. The van der Waals surface area contributed by atoms with Crippen LogP contribution in [0.5, 0.6) is 5.75 Å². The summed E-state index contributed by atoms with van der Waals surface area (Å²) >= 11 is 0. The van der Waals surface area contributed by atoms with Crippen LogP contribution >= 0.6 is 0 Å². The number of hydrogen-bond donors (Lipinski definition) is 0. The highest BCUT2D eigenvalue weighted by molar-refractivity contribution is 5.32. The highest BCUT2D eigenvalue weighted by atomic mass is 19.1. The van der Waals surface area contributed by atoms with E-state index in [2.05, 4.69) is 13.8 Å². The molecule has 1 atom stereocenters. The molecule has 1 unspecified atom stereocenters. The molecule has 0 aromatic heterocycles. The zero-order valence-corrected chi connectivity index (χ0v) is 9.88. The Balaban J connectivity index is 2.90. The zero-order valence-electron chi connectivity index (χ0n) is 9.88. The van der Waals surface area contributed by atoms with Crippen LogP contribution in [0.3, 0.4) is 0 Å². The molecule has 1 aromatic carbocycles. The molecule has 0 saturated heterocycles. The summed E-state index contributed by atoms with van der Waals surface area (Å²) in [7, 11) is 0. The van der Waals surface area contributed by atoms with Gasteiger partial charge in [0, 0.05) is 0 Å². The van der Waals surface area contributed by atoms with Crippen molar-refractivity contribution in [2.45, 2.75) is 46.1 Å². The molecule has 0 spiro atoms. The summed E-state index contributed by atoms with van der Waals surface area (Å²) in [5, 5.41) is 0.